The second-order valence-electron chi connectivity index (χ2n) is 5.33. The topological polar surface area (TPSA) is 37.3 Å². The molecule has 1 unspecified atom stereocenters. The van der Waals surface area contributed by atoms with Crippen molar-refractivity contribution >= 4 is 18.6 Å². The Kier molecular flexibility index (Phi) is 9.61. The highest BCUT2D eigenvalue weighted by molar-refractivity contribution is 7.81. The van der Waals surface area contributed by atoms with Crippen molar-refractivity contribution < 1.29 is 9.90 Å². The van der Waals surface area contributed by atoms with Gasteiger partial charge in [-0.1, -0.05) is 59.3 Å². The normalized spacial score (nSPS) is 13.6. The van der Waals surface area contributed by atoms with Gasteiger partial charge in [0, 0.05) is 5.25 Å². The van der Waals surface area contributed by atoms with Gasteiger partial charge < -0.3 is 5.11 Å². The Labute approximate surface area is 118 Å². The van der Waals surface area contributed by atoms with E-state index in [0.29, 0.717) is 0 Å². The molecule has 0 saturated carbocycles. The first kappa shape index (κ1) is 17.8. The summed E-state index contributed by atoms with van der Waals surface area (Å²) in [5.41, 5.74) is -0.607. The minimum atomic E-state index is -0.638. The SMILES string of the molecule is CCCCC(S)C(CCCC)(CCCC)C(=O)O. The minimum Gasteiger partial charge on any atom is -0.481 e. The predicted molar refractivity (Wildman–Crippen MR) is 81.4 cm³/mol. The van der Waals surface area contributed by atoms with Gasteiger partial charge in [-0.3, -0.25) is 4.79 Å². The van der Waals surface area contributed by atoms with Crippen LogP contribution in [0.1, 0.15) is 78.6 Å². The fourth-order valence-corrected chi connectivity index (χ4v) is 3.02. The van der Waals surface area contributed by atoms with Gasteiger partial charge in [0.15, 0.2) is 0 Å². The van der Waals surface area contributed by atoms with Crippen LogP contribution in [0.3, 0.4) is 0 Å². The van der Waals surface area contributed by atoms with Crippen molar-refractivity contribution in [3.63, 3.8) is 0 Å². The highest BCUT2D eigenvalue weighted by Crippen LogP contribution is 2.40. The van der Waals surface area contributed by atoms with Gasteiger partial charge in [-0.05, 0) is 19.3 Å². The molecule has 3 heteroatoms. The first-order chi connectivity index (χ1) is 8.55. The summed E-state index contributed by atoms with van der Waals surface area (Å²) >= 11 is 4.65. The Balaban J connectivity index is 4.85. The van der Waals surface area contributed by atoms with Crippen LogP contribution in [0.5, 0.6) is 0 Å². The first-order valence-electron chi connectivity index (χ1n) is 7.46. The number of thiol groups is 1. The molecule has 0 aliphatic heterocycles. The van der Waals surface area contributed by atoms with Crippen LogP contribution in [0.4, 0.5) is 0 Å². The van der Waals surface area contributed by atoms with Crippen LogP contribution < -0.4 is 0 Å². The van der Waals surface area contributed by atoms with Crippen molar-refractivity contribution in [2.75, 3.05) is 0 Å². The third kappa shape index (κ3) is 5.21. The molecular formula is C15H30O2S. The molecule has 0 heterocycles. The van der Waals surface area contributed by atoms with Crippen molar-refractivity contribution in [1.82, 2.24) is 0 Å². The summed E-state index contributed by atoms with van der Waals surface area (Å²) in [6.07, 6.45) is 8.71. The van der Waals surface area contributed by atoms with E-state index in [2.05, 4.69) is 33.4 Å². The summed E-state index contributed by atoms with van der Waals surface area (Å²) in [7, 11) is 0. The number of rotatable bonds is 11. The number of unbranched alkanes of at least 4 members (excludes halogenated alkanes) is 3. The van der Waals surface area contributed by atoms with Gasteiger partial charge in [-0.25, -0.2) is 0 Å². The molecule has 0 aromatic heterocycles. The van der Waals surface area contributed by atoms with Crippen molar-refractivity contribution in [2.45, 2.75) is 83.8 Å². The van der Waals surface area contributed by atoms with Gasteiger partial charge in [0.1, 0.15) is 0 Å². The summed E-state index contributed by atoms with van der Waals surface area (Å²) in [6.45, 7) is 6.37. The van der Waals surface area contributed by atoms with Crippen LogP contribution in [0, 0.1) is 5.41 Å². The maximum atomic E-state index is 11.8. The molecular weight excluding hydrogens is 244 g/mol. The second kappa shape index (κ2) is 9.71. The average Bonchev–Trinajstić information content (AvgIpc) is 2.36. The fourth-order valence-electron chi connectivity index (χ4n) is 2.47. The Bertz CT molecular complexity index is 221. The number of hydrogen-bond acceptors (Lipinski definition) is 2. The number of hydrogen-bond donors (Lipinski definition) is 2. The summed E-state index contributed by atoms with van der Waals surface area (Å²) in [4.78, 5) is 11.8. The Morgan fingerprint density at radius 1 is 1.06 bits per heavy atom. The number of aliphatic carboxylic acids is 1. The molecule has 0 aromatic rings. The van der Waals surface area contributed by atoms with E-state index < -0.39 is 11.4 Å². The zero-order chi connectivity index (χ0) is 14.0. The maximum absolute atomic E-state index is 11.8. The standard InChI is InChI=1S/C15H30O2S/c1-4-7-10-13(18)15(14(16)17,11-8-5-2)12-9-6-3/h13,18H,4-12H2,1-3H3,(H,16,17). The van der Waals surface area contributed by atoms with Crippen LogP contribution >= 0.6 is 12.6 Å². The van der Waals surface area contributed by atoms with E-state index in [1.807, 2.05) is 0 Å². The van der Waals surface area contributed by atoms with E-state index in [4.69, 9.17) is 0 Å². The molecule has 108 valence electrons. The van der Waals surface area contributed by atoms with Crippen LogP contribution in [0.2, 0.25) is 0 Å². The lowest BCUT2D eigenvalue weighted by molar-refractivity contribution is -0.150. The summed E-state index contributed by atoms with van der Waals surface area (Å²) in [5.74, 6) is -0.638. The van der Waals surface area contributed by atoms with E-state index >= 15 is 0 Å². The van der Waals surface area contributed by atoms with Gasteiger partial charge >= 0.3 is 5.97 Å². The highest BCUT2D eigenvalue weighted by Gasteiger charge is 2.42. The van der Waals surface area contributed by atoms with Gasteiger partial charge in [0.2, 0.25) is 0 Å². The molecule has 2 nitrogen and oxygen atoms in total. The maximum Gasteiger partial charge on any atom is 0.310 e. The quantitative estimate of drug-likeness (QED) is 0.524. The molecule has 18 heavy (non-hydrogen) atoms. The largest absolute Gasteiger partial charge is 0.481 e. The zero-order valence-corrected chi connectivity index (χ0v) is 13.1. The number of carbonyl (C=O) groups is 1. The second-order valence-corrected chi connectivity index (χ2v) is 5.95. The monoisotopic (exact) mass is 274 g/mol. The van der Waals surface area contributed by atoms with E-state index in [9.17, 15) is 9.90 Å². The third-order valence-electron chi connectivity index (χ3n) is 3.85. The molecule has 0 amide bonds. The van der Waals surface area contributed by atoms with Crippen LogP contribution in [-0.4, -0.2) is 16.3 Å². The lowest BCUT2D eigenvalue weighted by Gasteiger charge is -2.35. The average molecular weight is 274 g/mol. The summed E-state index contributed by atoms with van der Waals surface area (Å²) < 4.78 is 0. The van der Waals surface area contributed by atoms with Crippen molar-refractivity contribution in [3.8, 4) is 0 Å². The van der Waals surface area contributed by atoms with Crippen molar-refractivity contribution in [2.24, 2.45) is 5.41 Å². The van der Waals surface area contributed by atoms with Crippen LogP contribution in [0.25, 0.3) is 0 Å². The third-order valence-corrected chi connectivity index (χ3v) is 4.60. The molecule has 1 N–H and O–H groups in total. The lowest BCUT2D eigenvalue weighted by Crippen LogP contribution is -2.40. The molecule has 1 atom stereocenters. The zero-order valence-electron chi connectivity index (χ0n) is 12.2. The van der Waals surface area contributed by atoms with E-state index in [0.717, 1.165) is 57.8 Å². The number of carboxylic acids is 1. The molecule has 0 aliphatic carbocycles. The molecule has 0 bridgehead atoms. The van der Waals surface area contributed by atoms with Crippen molar-refractivity contribution in [3.05, 3.63) is 0 Å². The van der Waals surface area contributed by atoms with E-state index in [-0.39, 0.29) is 5.25 Å². The molecule has 0 spiro atoms. The van der Waals surface area contributed by atoms with Gasteiger partial charge in [0.25, 0.3) is 0 Å². The van der Waals surface area contributed by atoms with Crippen LogP contribution in [0.15, 0.2) is 0 Å². The summed E-state index contributed by atoms with van der Waals surface area (Å²) in [5, 5.41) is 9.69. The first-order valence-corrected chi connectivity index (χ1v) is 7.98. The van der Waals surface area contributed by atoms with Crippen LogP contribution in [-0.2, 0) is 4.79 Å². The highest BCUT2D eigenvalue weighted by atomic mass is 32.1. The molecule has 0 aromatic carbocycles. The minimum absolute atomic E-state index is 0.00644. The predicted octanol–water partition coefficient (Wildman–Crippen LogP) is 4.93. The molecule has 0 saturated heterocycles. The van der Waals surface area contributed by atoms with E-state index in [1.54, 1.807) is 0 Å². The molecule has 0 rings (SSSR count). The fraction of sp³-hybridized carbons (Fsp3) is 0.933. The van der Waals surface area contributed by atoms with Gasteiger partial charge in [-0.2, -0.15) is 12.6 Å². The Morgan fingerprint density at radius 2 is 1.50 bits per heavy atom. The summed E-state index contributed by atoms with van der Waals surface area (Å²) in [6, 6.07) is 0. The Hall–Kier alpha value is -0.180. The molecule has 0 fully saturated rings. The van der Waals surface area contributed by atoms with E-state index in [1.165, 1.54) is 0 Å². The Morgan fingerprint density at radius 3 is 1.83 bits per heavy atom. The smallest absolute Gasteiger partial charge is 0.310 e. The number of carboxylic acid groups (broad SMARTS) is 1. The van der Waals surface area contributed by atoms with Gasteiger partial charge in [-0.15, -0.1) is 0 Å². The molecule has 0 radical (unpaired) electrons. The van der Waals surface area contributed by atoms with Crippen molar-refractivity contribution in [1.29, 1.82) is 0 Å². The van der Waals surface area contributed by atoms with Gasteiger partial charge in [0.05, 0.1) is 5.41 Å². The lowest BCUT2D eigenvalue weighted by atomic mass is 9.74. The molecule has 0 aliphatic rings.